The zero-order valence-corrected chi connectivity index (χ0v) is 34.2. The molecule has 9 aromatic rings. The highest BCUT2D eigenvalue weighted by Crippen LogP contribution is 2.50. The average molecular weight is 790 g/mol. The van der Waals surface area contributed by atoms with Crippen molar-refractivity contribution in [3.8, 4) is 39.8 Å². The summed E-state index contributed by atoms with van der Waals surface area (Å²) in [5.41, 5.74) is 12.7. The van der Waals surface area contributed by atoms with Crippen LogP contribution in [0.3, 0.4) is 0 Å². The lowest BCUT2D eigenvalue weighted by Crippen LogP contribution is -2.26. The summed E-state index contributed by atoms with van der Waals surface area (Å²) in [6.07, 6.45) is 3.52. The Morgan fingerprint density at radius 1 is 0.617 bits per heavy atom. The Labute approximate surface area is 348 Å². The third-order valence-corrected chi connectivity index (χ3v) is 11.5. The molecule has 1 aliphatic heterocycles. The average Bonchev–Trinajstić information content (AvgIpc) is 4.00. The van der Waals surface area contributed by atoms with Crippen LogP contribution < -0.4 is 14.5 Å². The first-order chi connectivity index (χ1) is 29.2. The van der Waals surface area contributed by atoms with E-state index in [1.165, 1.54) is 22.9 Å². The summed E-state index contributed by atoms with van der Waals surface area (Å²) in [6, 6.07) is 46.9. The molecule has 0 spiro atoms. The lowest BCUT2D eigenvalue weighted by molar-refractivity contribution is 0.431. The first kappa shape index (κ1) is 37.1. The number of halogens is 1. The van der Waals surface area contributed by atoms with Crippen LogP contribution >= 0.6 is 0 Å². The van der Waals surface area contributed by atoms with Crippen molar-refractivity contribution in [2.24, 2.45) is 0 Å². The third kappa shape index (κ3) is 6.54. The second-order valence-electron chi connectivity index (χ2n) is 16.2. The molecule has 4 heterocycles. The molecule has 0 aliphatic carbocycles. The van der Waals surface area contributed by atoms with Crippen LogP contribution in [0.4, 0.5) is 27.1 Å². The fourth-order valence-corrected chi connectivity index (χ4v) is 8.68. The van der Waals surface area contributed by atoms with Crippen molar-refractivity contribution in [1.82, 2.24) is 14.7 Å². The van der Waals surface area contributed by atoms with Gasteiger partial charge in [0.1, 0.15) is 29.8 Å². The van der Waals surface area contributed by atoms with Crippen molar-refractivity contribution in [3.63, 3.8) is 0 Å². The van der Waals surface area contributed by atoms with E-state index < -0.39 is 0 Å². The molecule has 0 saturated heterocycles. The van der Waals surface area contributed by atoms with Crippen molar-refractivity contribution in [3.05, 3.63) is 174 Å². The van der Waals surface area contributed by atoms with Gasteiger partial charge in [0, 0.05) is 52.1 Å². The molecule has 0 radical (unpaired) electrons. The Kier molecular flexibility index (Phi) is 9.20. The number of aryl methyl sites for hydroxylation is 1. The van der Waals surface area contributed by atoms with Crippen molar-refractivity contribution in [2.45, 2.75) is 46.5 Å². The number of fused-ring (bicyclic) bond motifs is 4. The van der Waals surface area contributed by atoms with Crippen LogP contribution in [0.2, 0.25) is 0 Å². The lowest BCUT2D eigenvalue weighted by atomic mass is 9.87. The Hall–Kier alpha value is -7.19. The van der Waals surface area contributed by atoms with Crippen molar-refractivity contribution < 1.29 is 13.7 Å². The maximum Gasteiger partial charge on any atom is 0.167 e. The fourth-order valence-electron chi connectivity index (χ4n) is 8.68. The monoisotopic (exact) mass is 789 g/mol. The number of hydrogen-bond donors (Lipinski definition) is 0. The van der Waals surface area contributed by atoms with Gasteiger partial charge in [-0.05, 0) is 125 Å². The molecule has 3 aromatic heterocycles. The van der Waals surface area contributed by atoms with Crippen LogP contribution in [0.5, 0.6) is 11.5 Å². The maximum atomic E-state index is 14.5. The summed E-state index contributed by atoms with van der Waals surface area (Å²) in [7, 11) is 0. The van der Waals surface area contributed by atoms with Crippen LogP contribution in [-0.2, 0) is 0 Å². The number of benzene rings is 6. The van der Waals surface area contributed by atoms with Crippen LogP contribution in [0, 0.1) is 12.7 Å². The molecule has 10 rings (SSSR count). The number of para-hydroxylation sites is 3. The molecule has 0 unspecified atom stereocenters. The molecule has 6 aromatic carbocycles. The lowest BCUT2D eigenvalue weighted by Gasteiger charge is -2.30. The molecule has 0 N–H and O–H groups in total. The van der Waals surface area contributed by atoms with Gasteiger partial charge in [0.15, 0.2) is 5.76 Å². The number of rotatable bonds is 9. The molecule has 8 heteroatoms. The smallest absolute Gasteiger partial charge is 0.167 e. The van der Waals surface area contributed by atoms with E-state index in [4.69, 9.17) is 14.2 Å². The van der Waals surface area contributed by atoms with Crippen LogP contribution in [0.1, 0.15) is 56.2 Å². The number of pyridine rings is 1. The van der Waals surface area contributed by atoms with E-state index in [0.717, 1.165) is 66.9 Å². The molecule has 0 amide bonds. The van der Waals surface area contributed by atoms with Crippen molar-refractivity contribution in [2.75, 3.05) is 16.5 Å². The Balaban J connectivity index is 1.08. The first-order valence-electron chi connectivity index (χ1n) is 20.5. The van der Waals surface area contributed by atoms with E-state index >= 15 is 0 Å². The second-order valence-corrected chi connectivity index (χ2v) is 16.2. The summed E-state index contributed by atoms with van der Waals surface area (Å²) in [5, 5.41) is 6.32. The summed E-state index contributed by atoms with van der Waals surface area (Å²) < 4.78 is 29.3. The van der Waals surface area contributed by atoms with Gasteiger partial charge >= 0.3 is 0 Å². The number of anilines is 4. The van der Waals surface area contributed by atoms with E-state index in [2.05, 4.69) is 145 Å². The Bertz CT molecular complexity index is 3030. The van der Waals surface area contributed by atoms with Gasteiger partial charge in [-0.2, -0.15) is 0 Å². The third-order valence-electron chi connectivity index (χ3n) is 11.5. The van der Waals surface area contributed by atoms with Gasteiger partial charge in [-0.15, -0.1) is 0 Å². The molecule has 0 saturated carbocycles. The van der Waals surface area contributed by atoms with E-state index in [1.807, 2.05) is 36.5 Å². The van der Waals surface area contributed by atoms with Crippen molar-refractivity contribution in [1.29, 1.82) is 0 Å². The predicted octanol–water partition coefficient (Wildman–Crippen LogP) is 14.2. The fraction of sp³-hybridized carbons (Fsp3) is 0.154. The minimum absolute atomic E-state index is 0.208. The van der Waals surface area contributed by atoms with E-state index in [0.29, 0.717) is 23.9 Å². The molecule has 0 bridgehead atoms. The highest BCUT2D eigenvalue weighted by molar-refractivity contribution is 6.09. The molecule has 0 fully saturated rings. The highest BCUT2D eigenvalue weighted by atomic mass is 19.1. The Morgan fingerprint density at radius 3 is 2.10 bits per heavy atom. The van der Waals surface area contributed by atoms with Gasteiger partial charge in [-0.1, -0.05) is 75.3 Å². The molecule has 296 valence electrons. The number of ether oxygens (including phenoxy) is 1. The minimum Gasteiger partial charge on any atom is -0.457 e. The molecule has 7 nitrogen and oxygen atoms in total. The van der Waals surface area contributed by atoms with Crippen LogP contribution in [0.15, 0.2) is 156 Å². The number of aromatic nitrogens is 3. The molecule has 60 heavy (non-hydrogen) atoms. The molecular formula is C52H44FN5O2. The van der Waals surface area contributed by atoms with Gasteiger partial charge in [-0.25, -0.2) is 9.37 Å². The van der Waals surface area contributed by atoms with Gasteiger partial charge in [0.25, 0.3) is 0 Å². The summed E-state index contributed by atoms with van der Waals surface area (Å²) in [5.74, 6) is 3.04. The van der Waals surface area contributed by atoms with E-state index in [1.54, 1.807) is 18.3 Å². The SMILES string of the molecule is Cc1ccnc(-n2c3ccccc3c3ccc(Oc4cc(-c5ccno5)cc(N5CN(c6c(C(C)C)cc(-c7cccc(F)c7)cc6C(C)C)c6ccccc65)c4)cc32)c1. The van der Waals surface area contributed by atoms with Crippen LogP contribution in [0.25, 0.3) is 50.1 Å². The van der Waals surface area contributed by atoms with Crippen LogP contribution in [-0.4, -0.2) is 21.4 Å². The maximum absolute atomic E-state index is 14.5. The molecule has 0 atom stereocenters. The summed E-state index contributed by atoms with van der Waals surface area (Å²) >= 11 is 0. The molecular weight excluding hydrogens is 746 g/mol. The molecule has 1 aliphatic rings. The van der Waals surface area contributed by atoms with E-state index in [9.17, 15) is 4.39 Å². The second kappa shape index (κ2) is 14.9. The standard InChI is InChI=1S/C52H44FN5O2/c1-32(2)44-27-36(35-11-10-12-38(53)24-35)28-45(33(3)4)52(44)57-31-56(47-15-8-9-16-48(47)57)39-25-37(50-20-22-55-60-50)26-41(29-39)59-40-17-18-43-42-13-6-7-14-46(42)58(49(43)30-40)51-23-34(5)19-21-54-51/h6-30,32-33H,31H2,1-5H3. The van der Waals surface area contributed by atoms with Crippen molar-refractivity contribution >= 4 is 44.6 Å². The van der Waals surface area contributed by atoms with E-state index in [-0.39, 0.29) is 17.7 Å². The predicted molar refractivity (Wildman–Crippen MR) is 241 cm³/mol. The normalized spacial score (nSPS) is 12.7. The van der Waals surface area contributed by atoms with Gasteiger partial charge in [0.2, 0.25) is 0 Å². The minimum atomic E-state index is -0.239. The summed E-state index contributed by atoms with van der Waals surface area (Å²) in [6.45, 7) is 11.6. The van der Waals surface area contributed by atoms with Gasteiger partial charge < -0.3 is 19.1 Å². The van der Waals surface area contributed by atoms with Gasteiger partial charge in [0.05, 0.1) is 28.6 Å². The highest BCUT2D eigenvalue weighted by Gasteiger charge is 2.32. The zero-order chi connectivity index (χ0) is 41.1. The first-order valence-corrected chi connectivity index (χ1v) is 20.5. The number of nitrogens with zero attached hydrogens (tertiary/aromatic N) is 5. The zero-order valence-electron chi connectivity index (χ0n) is 34.2. The summed E-state index contributed by atoms with van der Waals surface area (Å²) in [4.78, 5) is 9.54. The number of hydrogen-bond acceptors (Lipinski definition) is 6. The largest absolute Gasteiger partial charge is 0.457 e. The van der Waals surface area contributed by atoms with Gasteiger partial charge in [-0.3, -0.25) is 4.57 Å². The topological polar surface area (TPSA) is 59.6 Å². The quantitative estimate of drug-likeness (QED) is 0.145. The Morgan fingerprint density at radius 2 is 1.37 bits per heavy atom.